The molecule has 120 valence electrons. The van der Waals surface area contributed by atoms with Crippen LogP contribution in [0.3, 0.4) is 0 Å². The van der Waals surface area contributed by atoms with Crippen LogP contribution in [0.2, 0.25) is 0 Å². The molecule has 2 amide bonds. The molecule has 1 fully saturated rings. The Bertz CT molecular complexity index is 804. The molecule has 1 saturated carbocycles. The monoisotopic (exact) mass is 319 g/mol. The van der Waals surface area contributed by atoms with E-state index in [-0.39, 0.29) is 23.7 Å². The summed E-state index contributed by atoms with van der Waals surface area (Å²) in [5.74, 6) is -0.877. The molecule has 0 aromatic heterocycles. The predicted octanol–water partition coefficient (Wildman–Crippen LogP) is 3.08. The van der Waals surface area contributed by atoms with Crippen molar-refractivity contribution in [3.63, 3.8) is 0 Å². The van der Waals surface area contributed by atoms with E-state index in [2.05, 4.69) is 10.6 Å². The van der Waals surface area contributed by atoms with Crippen LogP contribution >= 0.6 is 0 Å². The van der Waals surface area contributed by atoms with Crippen LogP contribution < -0.4 is 10.6 Å². The van der Waals surface area contributed by atoms with Crippen molar-refractivity contribution >= 4 is 23.2 Å². The van der Waals surface area contributed by atoms with Crippen molar-refractivity contribution in [1.29, 1.82) is 5.26 Å². The summed E-state index contributed by atoms with van der Waals surface area (Å²) in [5, 5.41) is 14.4. The molecule has 2 unspecified atom stereocenters. The normalized spacial score (nSPS) is 18.3. The highest BCUT2D eigenvalue weighted by molar-refractivity contribution is 6.03. The fourth-order valence-electron chi connectivity index (χ4n) is 2.51. The topological polar surface area (TPSA) is 82.0 Å². The molecule has 24 heavy (non-hydrogen) atoms. The summed E-state index contributed by atoms with van der Waals surface area (Å²) in [6, 6.07) is 16.2. The van der Waals surface area contributed by atoms with Gasteiger partial charge in [0.1, 0.15) is 0 Å². The Hall–Kier alpha value is -3.13. The molecular weight excluding hydrogens is 302 g/mol. The summed E-state index contributed by atoms with van der Waals surface area (Å²) in [7, 11) is 0. The van der Waals surface area contributed by atoms with Gasteiger partial charge in [-0.05, 0) is 49.7 Å². The number of benzene rings is 2. The van der Waals surface area contributed by atoms with Gasteiger partial charge in [-0.3, -0.25) is 9.59 Å². The number of hydrogen-bond acceptors (Lipinski definition) is 3. The van der Waals surface area contributed by atoms with Gasteiger partial charge in [-0.2, -0.15) is 5.26 Å². The minimum atomic E-state index is -0.300. The molecule has 0 saturated heterocycles. The van der Waals surface area contributed by atoms with Gasteiger partial charge in [-0.1, -0.05) is 17.7 Å². The SMILES string of the molecule is Cc1ccc(NC(=O)C2CC2C(=O)Nc2ccc(C#N)cc2)cc1. The van der Waals surface area contributed by atoms with E-state index in [0.717, 1.165) is 11.3 Å². The maximum Gasteiger partial charge on any atom is 0.228 e. The molecule has 0 aliphatic heterocycles. The van der Waals surface area contributed by atoms with E-state index in [9.17, 15) is 9.59 Å². The minimum absolute atomic E-state index is 0.126. The largest absolute Gasteiger partial charge is 0.326 e. The Kier molecular flexibility index (Phi) is 4.30. The van der Waals surface area contributed by atoms with E-state index < -0.39 is 0 Å². The average Bonchev–Trinajstić information content (AvgIpc) is 3.38. The highest BCUT2D eigenvalue weighted by Gasteiger charge is 2.48. The minimum Gasteiger partial charge on any atom is -0.326 e. The number of carbonyl (C=O) groups is 2. The van der Waals surface area contributed by atoms with Crippen molar-refractivity contribution in [2.75, 3.05) is 10.6 Å². The number of carbonyl (C=O) groups excluding carboxylic acids is 2. The molecule has 0 radical (unpaired) electrons. The number of anilines is 2. The third-order valence-electron chi connectivity index (χ3n) is 4.06. The Labute approximate surface area is 140 Å². The second kappa shape index (κ2) is 6.55. The van der Waals surface area contributed by atoms with E-state index in [1.165, 1.54) is 0 Å². The summed E-state index contributed by atoms with van der Waals surface area (Å²) in [4.78, 5) is 24.4. The van der Waals surface area contributed by atoms with Gasteiger partial charge in [0.05, 0.1) is 23.5 Å². The number of nitrogens with zero attached hydrogens (tertiary/aromatic N) is 1. The highest BCUT2D eigenvalue weighted by Crippen LogP contribution is 2.40. The third kappa shape index (κ3) is 3.61. The fraction of sp³-hybridized carbons (Fsp3) is 0.211. The standard InChI is InChI=1S/C19H17N3O2/c1-12-2-6-14(7-3-12)21-18(23)16-10-17(16)19(24)22-15-8-4-13(11-20)5-9-15/h2-9,16-17H,10H2,1H3,(H,21,23)(H,22,24). The van der Waals surface area contributed by atoms with Crippen LogP contribution in [0.4, 0.5) is 11.4 Å². The number of amides is 2. The van der Waals surface area contributed by atoms with Crippen molar-refractivity contribution in [1.82, 2.24) is 0 Å². The van der Waals surface area contributed by atoms with Gasteiger partial charge >= 0.3 is 0 Å². The predicted molar refractivity (Wildman–Crippen MR) is 91.2 cm³/mol. The van der Waals surface area contributed by atoms with Crippen LogP contribution in [-0.4, -0.2) is 11.8 Å². The number of hydrogen-bond donors (Lipinski definition) is 2. The van der Waals surface area contributed by atoms with Crippen LogP contribution in [0, 0.1) is 30.1 Å². The van der Waals surface area contributed by atoms with Crippen LogP contribution in [0.25, 0.3) is 0 Å². The number of nitriles is 1. The van der Waals surface area contributed by atoms with Gasteiger partial charge in [0.25, 0.3) is 0 Å². The third-order valence-corrected chi connectivity index (χ3v) is 4.06. The summed E-state index contributed by atoms with van der Waals surface area (Å²) in [6.45, 7) is 1.98. The van der Waals surface area contributed by atoms with Gasteiger partial charge in [-0.15, -0.1) is 0 Å². The summed E-state index contributed by atoms with van der Waals surface area (Å²) in [5.41, 5.74) is 3.03. The second-order valence-electron chi connectivity index (χ2n) is 5.98. The molecule has 2 N–H and O–H groups in total. The van der Waals surface area contributed by atoms with Crippen molar-refractivity contribution in [2.45, 2.75) is 13.3 Å². The first-order chi connectivity index (χ1) is 11.6. The molecule has 0 spiro atoms. The lowest BCUT2D eigenvalue weighted by Gasteiger charge is -2.06. The molecule has 5 heteroatoms. The van der Waals surface area contributed by atoms with E-state index in [0.29, 0.717) is 17.7 Å². The van der Waals surface area contributed by atoms with Crippen molar-refractivity contribution in [3.8, 4) is 6.07 Å². The lowest BCUT2D eigenvalue weighted by atomic mass is 10.2. The van der Waals surface area contributed by atoms with Crippen molar-refractivity contribution in [2.24, 2.45) is 11.8 Å². The summed E-state index contributed by atoms with van der Waals surface area (Å²) >= 11 is 0. The molecule has 0 bridgehead atoms. The van der Waals surface area contributed by atoms with Crippen LogP contribution in [0.5, 0.6) is 0 Å². The first-order valence-electron chi connectivity index (χ1n) is 7.75. The Balaban J connectivity index is 1.53. The van der Waals surface area contributed by atoms with Crippen molar-refractivity contribution in [3.05, 3.63) is 59.7 Å². The Morgan fingerprint density at radius 2 is 1.38 bits per heavy atom. The zero-order valence-electron chi connectivity index (χ0n) is 13.2. The number of nitrogens with one attached hydrogen (secondary N) is 2. The number of aryl methyl sites for hydroxylation is 1. The molecule has 3 rings (SSSR count). The molecule has 2 aromatic rings. The lowest BCUT2D eigenvalue weighted by Crippen LogP contribution is -2.20. The highest BCUT2D eigenvalue weighted by atomic mass is 16.2. The van der Waals surface area contributed by atoms with E-state index >= 15 is 0 Å². The van der Waals surface area contributed by atoms with Crippen molar-refractivity contribution < 1.29 is 9.59 Å². The number of rotatable bonds is 4. The molecule has 0 heterocycles. The molecule has 1 aliphatic carbocycles. The molecular formula is C19H17N3O2. The van der Waals surface area contributed by atoms with E-state index in [1.807, 2.05) is 37.3 Å². The molecule has 2 atom stereocenters. The smallest absolute Gasteiger partial charge is 0.228 e. The zero-order chi connectivity index (χ0) is 17.1. The van der Waals surface area contributed by atoms with Gasteiger partial charge in [0.15, 0.2) is 0 Å². The van der Waals surface area contributed by atoms with Gasteiger partial charge in [0.2, 0.25) is 11.8 Å². The average molecular weight is 319 g/mol. The van der Waals surface area contributed by atoms with Crippen LogP contribution in [0.15, 0.2) is 48.5 Å². The summed E-state index contributed by atoms with van der Waals surface area (Å²) in [6.07, 6.45) is 0.555. The molecule has 5 nitrogen and oxygen atoms in total. The summed E-state index contributed by atoms with van der Waals surface area (Å²) < 4.78 is 0. The Morgan fingerprint density at radius 3 is 1.83 bits per heavy atom. The maximum absolute atomic E-state index is 12.2. The van der Waals surface area contributed by atoms with Gasteiger partial charge < -0.3 is 10.6 Å². The van der Waals surface area contributed by atoms with Gasteiger partial charge in [0, 0.05) is 11.4 Å². The van der Waals surface area contributed by atoms with Crippen LogP contribution in [0.1, 0.15) is 17.5 Å². The lowest BCUT2D eigenvalue weighted by molar-refractivity contribution is -0.122. The fourth-order valence-corrected chi connectivity index (χ4v) is 2.51. The molecule has 2 aromatic carbocycles. The Morgan fingerprint density at radius 1 is 0.917 bits per heavy atom. The quantitative estimate of drug-likeness (QED) is 0.908. The van der Waals surface area contributed by atoms with E-state index in [4.69, 9.17) is 5.26 Å². The first kappa shape index (κ1) is 15.8. The van der Waals surface area contributed by atoms with Crippen LogP contribution in [-0.2, 0) is 9.59 Å². The second-order valence-corrected chi connectivity index (χ2v) is 5.98. The van der Waals surface area contributed by atoms with E-state index in [1.54, 1.807) is 24.3 Å². The first-order valence-corrected chi connectivity index (χ1v) is 7.75. The zero-order valence-corrected chi connectivity index (χ0v) is 13.2. The van der Waals surface area contributed by atoms with Gasteiger partial charge in [-0.25, -0.2) is 0 Å². The maximum atomic E-state index is 12.2. The molecule has 1 aliphatic rings.